The maximum atomic E-state index is 15.2. The Morgan fingerprint density at radius 1 is 1.11 bits per heavy atom. The number of nitrogens with zero attached hydrogens (tertiary/aromatic N) is 1. The van der Waals surface area contributed by atoms with Crippen LogP contribution in [0.25, 0.3) is 0 Å². The van der Waals surface area contributed by atoms with Gasteiger partial charge in [-0.25, -0.2) is 17.5 Å². The largest absolute Gasteiger partial charge is 0.453 e. The molecule has 0 fully saturated rings. The van der Waals surface area contributed by atoms with Gasteiger partial charge in [-0.2, -0.15) is 5.26 Å². The van der Waals surface area contributed by atoms with Gasteiger partial charge in [0.15, 0.2) is 11.6 Å². The summed E-state index contributed by atoms with van der Waals surface area (Å²) in [5.41, 5.74) is 0.903. The standard InChI is InChI=1S/C26H22Cl2FN3O5S/c1-14(2)26(34)32-38(35,36)20-5-7-22(15(3)8-20)31-23(33)11-17-4-6-21(28)25(24(17)29)37-19-10-16(13-30)9-18(27)12-19/h4-10,12,14H,11H2,1-3H3,(H,31,33)(H,32,34). The summed E-state index contributed by atoms with van der Waals surface area (Å²) < 4.78 is 47.7. The van der Waals surface area contributed by atoms with Crippen LogP contribution in [-0.4, -0.2) is 20.2 Å². The Hall–Kier alpha value is -3.65. The van der Waals surface area contributed by atoms with Crippen LogP contribution < -0.4 is 14.8 Å². The van der Waals surface area contributed by atoms with Crippen molar-refractivity contribution in [3.05, 3.63) is 81.1 Å². The number of nitrogens with one attached hydrogen (secondary N) is 2. The molecule has 0 unspecified atom stereocenters. The van der Waals surface area contributed by atoms with Gasteiger partial charge < -0.3 is 10.1 Å². The molecule has 0 aliphatic carbocycles. The molecule has 38 heavy (non-hydrogen) atoms. The molecule has 0 bridgehead atoms. The molecule has 0 saturated heterocycles. The van der Waals surface area contributed by atoms with E-state index in [9.17, 15) is 18.0 Å². The molecule has 0 spiro atoms. The number of rotatable bonds is 8. The zero-order valence-electron chi connectivity index (χ0n) is 20.4. The van der Waals surface area contributed by atoms with Crippen molar-refractivity contribution in [1.82, 2.24) is 4.72 Å². The minimum atomic E-state index is -4.08. The Balaban J connectivity index is 1.77. The fourth-order valence-corrected chi connectivity index (χ4v) is 4.83. The van der Waals surface area contributed by atoms with Gasteiger partial charge in [-0.3, -0.25) is 9.59 Å². The van der Waals surface area contributed by atoms with Crippen molar-refractivity contribution in [3.63, 3.8) is 0 Å². The summed E-state index contributed by atoms with van der Waals surface area (Å²) in [7, 11) is -4.08. The topological polar surface area (TPSA) is 125 Å². The summed E-state index contributed by atoms with van der Waals surface area (Å²) in [6.07, 6.45) is -0.387. The van der Waals surface area contributed by atoms with Crippen LogP contribution in [0.15, 0.2) is 53.4 Å². The number of amides is 2. The van der Waals surface area contributed by atoms with Crippen molar-refractivity contribution in [3.8, 4) is 17.6 Å². The van der Waals surface area contributed by atoms with Gasteiger partial charge >= 0.3 is 0 Å². The number of carbonyl (C=O) groups excluding carboxylic acids is 2. The highest BCUT2D eigenvalue weighted by Gasteiger charge is 2.21. The molecule has 3 aromatic carbocycles. The van der Waals surface area contributed by atoms with Crippen LogP contribution in [0.3, 0.4) is 0 Å². The summed E-state index contributed by atoms with van der Waals surface area (Å²) in [6.45, 7) is 4.71. The molecular formula is C26H22Cl2FN3O5S. The third-order valence-corrected chi connectivity index (χ3v) is 7.10. The van der Waals surface area contributed by atoms with Crippen LogP contribution in [0, 0.1) is 30.0 Å². The van der Waals surface area contributed by atoms with Crippen molar-refractivity contribution < 1.29 is 27.1 Å². The molecule has 198 valence electrons. The normalized spacial score (nSPS) is 11.1. The zero-order valence-corrected chi connectivity index (χ0v) is 22.8. The van der Waals surface area contributed by atoms with E-state index < -0.39 is 33.6 Å². The molecular weight excluding hydrogens is 556 g/mol. The summed E-state index contributed by atoms with van der Waals surface area (Å²) in [5, 5.41) is 11.9. The molecule has 2 amide bonds. The summed E-state index contributed by atoms with van der Waals surface area (Å²) in [4.78, 5) is 24.4. The molecule has 0 aromatic heterocycles. The summed E-state index contributed by atoms with van der Waals surface area (Å²) in [5.74, 6) is -2.87. The third kappa shape index (κ3) is 7.01. The summed E-state index contributed by atoms with van der Waals surface area (Å²) in [6, 6.07) is 12.7. The van der Waals surface area contributed by atoms with E-state index in [2.05, 4.69) is 5.32 Å². The zero-order chi connectivity index (χ0) is 28.2. The predicted molar refractivity (Wildman–Crippen MR) is 141 cm³/mol. The first-order valence-corrected chi connectivity index (χ1v) is 13.4. The van der Waals surface area contributed by atoms with E-state index in [4.69, 9.17) is 33.2 Å². The number of sulfonamides is 1. The van der Waals surface area contributed by atoms with Gasteiger partial charge in [0.1, 0.15) is 5.75 Å². The molecule has 8 nitrogen and oxygen atoms in total. The number of nitriles is 1. The average Bonchev–Trinajstić information content (AvgIpc) is 2.84. The number of hydrogen-bond donors (Lipinski definition) is 2. The quantitative estimate of drug-likeness (QED) is 0.351. The van der Waals surface area contributed by atoms with Crippen LogP contribution in [-0.2, 0) is 26.0 Å². The van der Waals surface area contributed by atoms with Crippen LogP contribution in [0.1, 0.15) is 30.5 Å². The van der Waals surface area contributed by atoms with Crippen LogP contribution in [0.2, 0.25) is 10.0 Å². The van der Waals surface area contributed by atoms with E-state index in [1.165, 1.54) is 48.5 Å². The lowest BCUT2D eigenvalue weighted by Crippen LogP contribution is -2.33. The fourth-order valence-electron chi connectivity index (χ4n) is 3.23. The van der Waals surface area contributed by atoms with Crippen molar-refractivity contribution in [1.29, 1.82) is 5.26 Å². The molecule has 3 rings (SSSR count). The van der Waals surface area contributed by atoms with E-state index in [0.717, 1.165) is 0 Å². The first kappa shape index (κ1) is 28.9. The van der Waals surface area contributed by atoms with Crippen LogP contribution in [0.4, 0.5) is 10.1 Å². The Kier molecular flexibility index (Phi) is 8.99. The lowest BCUT2D eigenvalue weighted by atomic mass is 10.1. The molecule has 0 atom stereocenters. The van der Waals surface area contributed by atoms with E-state index in [1.807, 2.05) is 10.8 Å². The molecule has 3 aromatic rings. The van der Waals surface area contributed by atoms with Gasteiger partial charge in [0.05, 0.1) is 28.0 Å². The maximum absolute atomic E-state index is 15.2. The SMILES string of the molecule is Cc1cc(S(=O)(=O)NC(=O)C(C)C)ccc1NC(=O)Cc1ccc(Cl)c(Oc2cc(Cl)cc(C#N)c2)c1F. The highest BCUT2D eigenvalue weighted by Crippen LogP contribution is 2.35. The second-order valence-corrected chi connectivity index (χ2v) is 11.1. The van der Waals surface area contributed by atoms with E-state index in [-0.39, 0.29) is 44.0 Å². The van der Waals surface area contributed by atoms with Gasteiger partial charge in [0.2, 0.25) is 11.8 Å². The van der Waals surface area contributed by atoms with E-state index in [0.29, 0.717) is 11.3 Å². The van der Waals surface area contributed by atoms with Gasteiger partial charge in [-0.15, -0.1) is 0 Å². The minimum Gasteiger partial charge on any atom is -0.453 e. The number of hydrogen-bond acceptors (Lipinski definition) is 6. The lowest BCUT2D eigenvalue weighted by Gasteiger charge is -2.14. The Morgan fingerprint density at radius 2 is 1.82 bits per heavy atom. The average molecular weight is 578 g/mol. The molecule has 2 N–H and O–H groups in total. The lowest BCUT2D eigenvalue weighted by molar-refractivity contribution is -0.122. The van der Waals surface area contributed by atoms with Crippen LogP contribution >= 0.6 is 23.2 Å². The van der Waals surface area contributed by atoms with E-state index >= 15 is 4.39 Å². The smallest absolute Gasteiger partial charge is 0.264 e. The van der Waals surface area contributed by atoms with E-state index in [1.54, 1.807) is 20.8 Å². The van der Waals surface area contributed by atoms with Gasteiger partial charge in [0.25, 0.3) is 10.0 Å². The highest BCUT2D eigenvalue weighted by molar-refractivity contribution is 7.90. The minimum absolute atomic E-state index is 0.0160. The molecule has 12 heteroatoms. The number of benzene rings is 3. The van der Waals surface area contributed by atoms with Gasteiger partial charge in [-0.05, 0) is 55.0 Å². The Morgan fingerprint density at radius 3 is 2.45 bits per heavy atom. The first-order chi connectivity index (χ1) is 17.8. The monoisotopic (exact) mass is 577 g/mol. The second-order valence-electron chi connectivity index (χ2n) is 8.57. The first-order valence-electron chi connectivity index (χ1n) is 11.1. The van der Waals surface area contributed by atoms with Crippen molar-refractivity contribution in [2.45, 2.75) is 32.1 Å². The van der Waals surface area contributed by atoms with Crippen molar-refractivity contribution >= 4 is 50.7 Å². The summed E-state index contributed by atoms with van der Waals surface area (Å²) >= 11 is 12.1. The predicted octanol–water partition coefficient (Wildman–Crippen LogP) is 5.75. The Labute approximate surface area is 229 Å². The van der Waals surface area contributed by atoms with Crippen molar-refractivity contribution in [2.24, 2.45) is 5.92 Å². The van der Waals surface area contributed by atoms with Gasteiger partial charge in [0, 0.05) is 22.2 Å². The molecule has 0 aliphatic heterocycles. The number of ether oxygens (including phenoxy) is 1. The fraction of sp³-hybridized carbons (Fsp3) is 0.192. The Bertz CT molecular complexity index is 1570. The molecule has 0 heterocycles. The molecule has 0 aliphatic rings. The number of halogens is 3. The second kappa shape index (κ2) is 11.8. The van der Waals surface area contributed by atoms with Gasteiger partial charge in [-0.1, -0.05) is 43.1 Å². The number of aryl methyl sites for hydroxylation is 1. The maximum Gasteiger partial charge on any atom is 0.264 e. The number of anilines is 1. The third-order valence-electron chi connectivity index (χ3n) is 5.24. The van der Waals surface area contributed by atoms with Crippen LogP contribution in [0.5, 0.6) is 11.5 Å². The van der Waals surface area contributed by atoms with Crippen molar-refractivity contribution in [2.75, 3.05) is 5.32 Å². The highest BCUT2D eigenvalue weighted by atomic mass is 35.5. The molecule has 0 saturated carbocycles. The number of carbonyl (C=O) groups is 2. The molecule has 0 radical (unpaired) electrons.